The fourth-order valence-corrected chi connectivity index (χ4v) is 2.24. The first kappa shape index (κ1) is 10.8. The molecule has 0 saturated heterocycles. The molecule has 1 atom stereocenters. The molecule has 0 spiro atoms. The predicted molar refractivity (Wildman–Crippen MR) is 56.6 cm³/mol. The molecule has 0 heterocycles. The maximum Gasteiger partial charge on any atom is 0.0602 e. The molecule has 0 bridgehead atoms. The third-order valence-corrected chi connectivity index (χ3v) is 3.10. The number of hydrogen-bond acceptors (Lipinski definition) is 1. The smallest absolute Gasteiger partial charge is 0.0602 e. The van der Waals surface area contributed by atoms with E-state index in [1.54, 1.807) is 0 Å². The zero-order valence-corrected chi connectivity index (χ0v) is 8.54. The van der Waals surface area contributed by atoms with Crippen LogP contribution in [0, 0.1) is 5.92 Å². The first-order chi connectivity index (χ1) is 6.34. The van der Waals surface area contributed by atoms with Gasteiger partial charge in [-0.3, -0.25) is 0 Å². The summed E-state index contributed by atoms with van der Waals surface area (Å²) in [5, 5.41) is 9.82. The Kier molecular flexibility index (Phi) is 5.14. The van der Waals surface area contributed by atoms with Crippen molar-refractivity contribution in [2.75, 3.05) is 0 Å². The summed E-state index contributed by atoms with van der Waals surface area (Å²) in [5.74, 6) is 0.540. The molecule has 0 aromatic heterocycles. The first-order valence-corrected chi connectivity index (χ1v) is 5.63. The maximum absolute atomic E-state index is 9.82. The van der Waals surface area contributed by atoms with E-state index in [-0.39, 0.29) is 6.10 Å². The lowest BCUT2D eigenvalue weighted by Crippen LogP contribution is -2.20. The van der Waals surface area contributed by atoms with Crippen molar-refractivity contribution >= 4 is 0 Å². The zero-order chi connectivity index (χ0) is 9.52. The lowest BCUT2D eigenvalue weighted by atomic mass is 9.86. The first-order valence-electron chi connectivity index (χ1n) is 5.63. The van der Waals surface area contributed by atoms with Gasteiger partial charge in [-0.25, -0.2) is 0 Å². The van der Waals surface area contributed by atoms with Gasteiger partial charge in [0.25, 0.3) is 0 Å². The minimum absolute atomic E-state index is 0.129. The van der Waals surface area contributed by atoms with Gasteiger partial charge in [0.1, 0.15) is 0 Å². The lowest BCUT2D eigenvalue weighted by molar-refractivity contribution is 0.0937. The van der Waals surface area contributed by atoms with Gasteiger partial charge in [-0.2, -0.15) is 0 Å². The number of aliphatic hydroxyl groups is 1. The van der Waals surface area contributed by atoms with Gasteiger partial charge >= 0.3 is 0 Å². The Labute approximate surface area is 81.9 Å². The summed E-state index contributed by atoms with van der Waals surface area (Å²) < 4.78 is 0. The number of aliphatic hydroxyl groups excluding tert-OH is 1. The quantitative estimate of drug-likeness (QED) is 0.664. The number of hydrogen-bond donors (Lipinski definition) is 1. The summed E-state index contributed by atoms with van der Waals surface area (Å²) in [5.41, 5.74) is 0. The molecule has 1 nitrogen and oxygen atoms in total. The van der Waals surface area contributed by atoms with Gasteiger partial charge in [0.15, 0.2) is 0 Å². The molecule has 0 aliphatic heterocycles. The van der Waals surface area contributed by atoms with Gasteiger partial charge in [0.05, 0.1) is 6.10 Å². The van der Waals surface area contributed by atoms with Gasteiger partial charge in [0, 0.05) is 0 Å². The topological polar surface area (TPSA) is 20.2 Å². The van der Waals surface area contributed by atoms with Crippen molar-refractivity contribution in [2.24, 2.45) is 5.92 Å². The van der Waals surface area contributed by atoms with Crippen LogP contribution in [0.15, 0.2) is 12.7 Å². The van der Waals surface area contributed by atoms with Crippen LogP contribution in [0.1, 0.15) is 51.4 Å². The molecular formula is C12H22O. The average Bonchev–Trinajstić information content (AvgIpc) is 2.03. The maximum atomic E-state index is 9.82. The van der Waals surface area contributed by atoms with E-state index < -0.39 is 0 Å². The van der Waals surface area contributed by atoms with Crippen LogP contribution < -0.4 is 0 Å². The monoisotopic (exact) mass is 182 g/mol. The molecule has 0 aromatic rings. The molecule has 76 valence electrons. The normalized spacial score (nSPS) is 23.2. The summed E-state index contributed by atoms with van der Waals surface area (Å²) in [7, 11) is 0. The molecule has 1 fully saturated rings. The third kappa shape index (κ3) is 3.95. The SMILES string of the molecule is C=CCC(O)C1CCCCCCC1. The van der Waals surface area contributed by atoms with Crippen molar-refractivity contribution in [3.05, 3.63) is 12.7 Å². The van der Waals surface area contributed by atoms with Crippen LogP contribution in [0.5, 0.6) is 0 Å². The van der Waals surface area contributed by atoms with E-state index in [0.717, 1.165) is 6.42 Å². The molecule has 1 aliphatic rings. The zero-order valence-electron chi connectivity index (χ0n) is 8.54. The Balaban J connectivity index is 2.31. The second kappa shape index (κ2) is 6.20. The van der Waals surface area contributed by atoms with Gasteiger partial charge < -0.3 is 5.11 Å². The van der Waals surface area contributed by atoms with Crippen molar-refractivity contribution < 1.29 is 5.11 Å². The molecule has 0 radical (unpaired) electrons. The Bertz CT molecular complexity index is 134. The summed E-state index contributed by atoms with van der Waals surface area (Å²) in [6, 6.07) is 0. The Morgan fingerprint density at radius 1 is 1.15 bits per heavy atom. The van der Waals surface area contributed by atoms with Crippen LogP contribution in [0.3, 0.4) is 0 Å². The van der Waals surface area contributed by atoms with Crippen LogP contribution in [0.25, 0.3) is 0 Å². The standard InChI is InChI=1S/C12H22O/c1-2-8-12(13)11-9-6-4-3-5-7-10-11/h2,11-13H,1,3-10H2. The highest BCUT2D eigenvalue weighted by Gasteiger charge is 2.18. The second-order valence-electron chi connectivity index (χ2n) is 4.20. The van der Waals surface area contributed by atoms with Gasteiger partial charge in [0.2, 0.25) is 0 Å². The van der Waals surface area contributed by atoms with Crippen LogP contribution in [0.4, 0.5) is 0 Å². The highest BCUT2D eigenvalue weighted by molar-refractivity contribution is 4.78. The fourth-order valence-electron chi connectivity index (χ4n) is 2.24. The fraction of sp³-hybridized carbons (Fsp3) is 0.833. The average molecular weight is 182 g/mol. The second-order valence-corrected chi connectivity index (χ2v) is 4.20. The molecule has 13 heavy (non-hydrogen) atoms. The van der Waals surface area contributed by atoms with Crippen molar-refractivity contribution in [3.8, 4) is 0 Å². The van der Waals surface area contributed by atoms with Crippen LogP contribution >= 0.6 is 0 Å². The minimum Gasteiger partial charge on any atom is -0.393 e. The van der Waals surface area contributed by atoms with E-state index in [2.05, 4.69) is 6.58 Å². The summed E-state index contributed by atoms with van der Waals surface area (Å²) >= 11 is 0. The van der Waals surface area contributed by atoms with Crippen molar-refractivity contribution in [1.82, 2.24) is 0 Å². The van der Waals surface area contributed by atoms with E-state index in [1.807, 2.05) is 6.08 Å². The van der Waals surface area contributed by atoms with Crippen LogP contribution in [-0.2, 0) is 0 Å². The van der Waals surface area contributed by atoms with Crippen LogP contribution in [0.2, 0.25) is 0 Å². The predicted octanol–water partition coefficient (Wildman–Crippen LogP) is 3.28. The third-order valence-electron chi connectivity index (χ3n) is 3.10. The van der Waals surface area contributed by atoms with E-state index >= 15 is 0 Å². The Morgan fingerprint density at radius 2 is 1.69 bits per heavy atom. The summed E-state index contributed by atoms with van der Waals surface area (Å²) in [6.07, 6.45) is 11.6. The Hall–Kier alpha value is -0.300. The van der Waals surface area contributed by atoms with Gasteiger partial charge in [-0.15, -0.1) is 6.58 Å². The molecule has 1 heteroatoms. The van der Waals surface area contributed by atoms with E-state index in [4.69, 9.17) is 0 Å². The number of rotatable bonds is 3. The van der Waals surface area contributed by atoms with Crippen molar-refractivity contribution in [1.29, 1.82) is 0 Å². The largest absolute Gasteiger partial charge is 0.393 e. The summed E-state index contributed by atoms with van der Waals surface area (Å²) in [6.45, 7) is 3.68. The Morgan fingerprint density at radius 3 is 2.23 bits per heavy atom. The van der Waals surface area contributed by atoms with Gasteiger partial charge in [-0.1, -0.05) is 38.2 Å². The minimum atomic E-state index is -0.129. The van der Waals surface area contributed by atoms with Crippen molar-refractivity contribution in [3.63, 3.8) is 0 Å². The summed E-state index contributed by atoms with van der Waals surface area (Å²) in [4.78, 5) is 0. The lowest BCUT2D eigenvalue weighted by Gasteiger charge is -2.23. The molecule has 1 aliphatic carbocycles. The van der Waals surface area contributed by atoms with E-state index in [9.17, 15) is 5.11 Å². The molecule has 1 saturated carbocycles. The van der Waals surface area contributed by atoms with Gasteiger partial charge in [-0.05, 0) is 25.2 Å². The molecular weight excluding hydrogens is 160 g/mol. The molecule has 1 unspecified atom stereocenters. The molecule has 1 N–H and O–H groups in total. The molecule has 0 amide bonds. The molecule has 0 aromatic carbocycles. The van der Waals surface area contributed by atoms with E-state index in [1.165, 1.54) is 44.9 Å². The highest BCUT2D eigenvalue weighted by Crippen LogP contribution is 2.26. The molecule has 1 rings (SSSR count). The highest BCUT2D eigenvalue weighted by atomic mass is 16.3. The van der Waals surface area contributed by atoms with E-state index in [0.29, 0.717) is 5.92 Å². The van der Waals surface area contributed by atoms with Crippen molar-refractivity contribution in [2.45, 2.75) is 57.5 Å². The van der Waals surface area contributed by atoms with Crippen LogP contribution in [-0.4, -0.2) is 11.2 Å².